The van der Waals surface area contributed by atoms with Crippen molar-refractivity contribution < 1.29 is 0 Å². The molecule has 2 rings (SSSR count). The largest absolute Gasteiger partial charge is 0.135 e. The van der Waals surface area contributed by atoms with E-state index in [0.29, 0.717) is 0 Å². The Balaban J connectivity index is 1.75. The molecule has 0 amide bonds. The van der Waals surface area contributed by atoms with Gasteiger partial charge in [-0.1, -0.05) is 138 Å². The summed E-state index contributed by atoms with van der Waals surface area (Å²) in [6.45, 7) is 4.59. The summed E-state index contributed by atoms with van der Waals surface area (Å²) in [6, 6.07) is 0. The molecule has 0 aromatic rings. The number of unbranched alkanes of at least 4 members (excludes halogenated alkanes) is 12. The summed E-state index contributed by atoms with van der Waals surface area (Å²) in [4.78, 5) is 0. The van der Waals surface area contributed by atoms with E-state index in [9.17, 15) is 0 Å². The topological polar surface area (TPSA) is 0 Å². The second-order valence-electron chi connectivity index (χ2n) is 8.11. The van der Waals surface area contributed by atoms with Crippen LogP contribution in [0.3, 0.4) is 0 Å². The Morgan fingerprint density at radius 2 is 0.844 bits per heavy atom. The average Bonchev–Trinajstić information content (AvgIpc) is 3.34. The molecule has 0 nitrogen and oxygen atoms in total. The van der Waals surface area contributed by atoms with Gasteiger partial charge in [0.25, 0.3) is 0 Å². The first kappa shape index (κ1) is 30.2. The van der Waals surface area contributed by atoms with Crippen LogP contribution in [0.1, 0.15) is 104 Å². The zero-order valence-corrected chi connectivity index (χ0v) is 26.3. The van der Waals surface area contributed by atoms with Gasteiger partial charge in [-0.25, -0.2) is 0 Å². The monoisotopic (exact) mass is 584 g/mol. The van der Waals surface area contributed by atoms with Gasteiger partial charge in [0.2, 0.25) is 0 Å². The summed E-state index contributed by atoms with van der Waals surface area (Å²) >= 11 is 20.9. The van der Waals surface area contributed by atoms with E-state index in [1.165, 1.54) is 110 Å². The maximum atomic E-state index is 4.57. The molecule has 0 saturated carbocycles. The lowest BCUT2D eigenvalue weighted by molar-refractivity contribution is 0.603. The Kier molecular flexibility index (Phi) is 18.1. The van der Waals surface area contributed by atoms with Crippen LogP contribution in [-0.2, 0) is 0 Å². The highest BCUT2D eigenvalue weighted by Gasteiger charge is 2.28. The highest BCUT2D eigenvalue weighted by Crippen LogP contribution is 2.64. The molecule has 0 N–H and O–H groups in total. The summed E-state index contributed by atoms with van der Waals surface area (Å²) in [6.07, 6.45) is 19.4. The minimum absolute atomic E-state index is 1.04. The standard InChI is InChI=1S/C24H40S8/c1-3-5-7-9-11-13-15-17-27-21-22(28-18-16-14-12-10-8-6-4-2)32-24(31-21)23-29-19(25)20(26)30-23/h25-26H,3-18H2,1-2H3. The van der Waals surface area contributed by atoms with Crippen molar-refractivity contribution in [2.45, 2.75) is 104 Å². The molecule has 0 atom stereocenters. The molecule has 0 fully saturated rings. The third-order valence-corrected chi connectivity index (χ3v) is 15.1. The molecule has 2 aliphatic heterocycles. The molecular weight excluding hydrogens is 545 g/mol. The van der Waals surface area contributed by atoms with E-state index in [0.717, 1.165) is 8.47 Å². The number of thioether (sulfide) groups is 6. The number of hydrogen-bond acceptors (Lipinski definition) is 8. The fourth-order valence-electron chi connectivity index (χ4n) is 3.35. The van der Waals surface area contributed by atoms with E-state index in [4.69, 9.17) is 0 Å². The van der Waals surface area contributed by atoms with Crippen LogP contribution >= 0.6 is 95.8 Å². The van der Waals surface area contributed by atoms with Crippen LogP contribution in [0.25, 0.3) is 0 Å². The van der Waals surface area contributed by atoms with Gasteiger partial charge < -0.3 is 0 Å². The van der Waals surface area contributed by atoms with Gasteiger partial charge in [-0.2, -0.15) is 0 Å². The summed E-state index contributed by atoms with van der Waals surface area (Å²) < 4.78 is 8.00. The summed E-state index contributed by atoms with van der Waals surface area (Å²) in [5, 5.41) is 0. The molecule has 0 unspecified atom stereocenters. The predicted octanol–water partition coefficient (Wildman–Crippen LogP) is 12.2. The fraction of sp³-hybridized carbons (Fsp3) is 0.750. The summed E-state index contributed by atoms with van der Waals surface area (Å²) in [5.74, 6) is 2.52. The smallest absolute Gasteiger partial charge is 0.0717 e. The van der Waals surface area contributed by atoms with Gasteiger partial charge in [0, 0.05) is 0 Å². The fourth-order valence-corrected chi connectivity index (χ4v) is 12.8. The molecule has 0 saturated heterocycles. The van der Waals surface area contributed by atoms with Crippen LogP contribution in [0.15, 0.2) is 25.4 Å². The van der Waals surface area contributed by atoms with Crippen LogP contribution in [0, 0.1) is 0 Å². The third-order valence-electron chi connectivity index (χ3n) is 5.23. The van der Waals surface area contributed by atoms with Crippen molar-refractivity contribution in [3.63, 3.8) is 0 Å². The van der Waals surface area contributed by atoms with E-state index in [1.54, 1.807) is 32.0 Å². The van der Waals surface area contributed by atoms with Gasteiger partial charge in [-0.15, -0.1) is 48.8 Å². The quantitative estimate of drug-likeness (QED) is 0.121. The average molecular weight is 585 g/mol. The van der Waals surface area contributed by atoms with Gasteiger partial charge in [0.1, 0.15) is 0 Å². The second-order valence-corrected chi connectivity index (χ2v) is 16.9. The maximum Gasteiger partial charge on any atom is 0.0717 e. The molecule has 0 spiro atoms. The van der Waals surface area contributed by atoms with Crippen LogP contribution < -0.4 is 0 Å². The molecule has 0 aromatic carbocycles. The maximum absolute atomic E-state index is 4.57. The highest BCUT2D eigenvalue weighted by molar-refractivity contribution is 8.43. The zero-order chi connectivity index (χ0) is 23.0. The van der Waals surface area contributed by atoms with Crippen molar-refractivity contribution in [3.8, 4) is 0 Å². The van der Waals surface area contributed by atoms with Crippen LogP contribution in [0.2, 0.25) is 0 Å². The van der Waals surface area contributed by atoms with Gasteiger partial charge in [-0.3, -0.25) is 0 Å². The molecule has 8 heteroatoms. The lowest BCUT2D eigenvalue weighted by Gasteiger charge is -2.06. The zero-order valence-electron chi connectivity index (χ0n) is 19.7. The molecule has 0 aromatic heterocycles. The van der Waals surface area contributed by atoms with E-state index in [1.807, 2.05) is 23.5 Å². The third kappa shape index (κ3) is 12.3. The molecule has 0 radical (unpaired) electrons. The van der Waals surface area contributed by atoms with Crippen molar-refractivity contribution in [3.05, 3.63) is 25.4 Å². The second kappa shape index (κ2) is 19.2. The van der Waals surface area contributed by atoms with Crippen molar-refractivity contribution in [2.75, 3.05) is 11.5 Å². The Morgan fingerprint density at radius 1 is 0.500 bits per heavy atom. The van der Waals surface area contributed by atoms with E-state index >= 15 is 0 Å². The van der Waals surface area contributed by atoms with Gasteiger partial charge in [-0.05, 0) is 24.3 Å². The van der Waals surface area contributed by atoms with Gasteiger partial charge in [0.05, 0.1) is 25.4 Å². The molecule has 2 aliphatic rings. The molecule has 0 bridgehead atoms. The minimum atomic E-state index is 1.04. The van der Waals surface area contributed by atoms with Crippen LogP contribution in [-0.4, -0.2) is 11.5 Å². The van der Waals surface area contributed by atoms with Crippen LogP contribution in [0.4, 0.5) is 0 Å². The first-order chi connectivity index (χ1) is 15.7. The Bertz CT molecular complexity index is 588. The van der Waals surface area contributed by atoms with Crippen molar-refractivity contribution in [2.24, 2.45) is 0 Å². The van der Waals surface area contributed by atoms with Crippen LogP contribution in [0.5, 0.6) is 0 Å². The molecule has 184 valence electrons. The normalized spacial score (nSPS) is 16.9. The van der Waals surface area contributed by atoms with E-state index < -0.39 is 0 Å². The number of rotatable bonds is 18. The van der Waals surface area contributed by atoms with Gasteiger partial charge in [0.15, 0.2) is 0 Å². The molecule has 0 aliphatic carbocycles. The summed E-state index contributed by atoms with van der Waals surface area (Å²) in [5.41, 5.74) is 0. The first-order valence-corrected chi connectivity index (χ1v) is 18.4. The molecule has 32 heavy (non-hydrogen) atoms. The number of thiol groups is 2. The Labute approximate surface area is 234 Å². The minimum Gasteiger partial charge on any atom is -0.135 e. The summed E-state index contributed by atoms with van der Waals surface area (Å²) in [7, 11) is 0. The van der Waals surface area contributed by atoms with Crippen molar-refractivity contribution in [1.29, 1.82) is 0 Å². The van der Waals surface area contributed by atoms with E-state index in [-0.39, 0.29) is 0 Å². The van der Waals surface area contributed by atoms with Gasteiger partial charge >= 0.3 is 0 Å². The first-order valence-electron chi connectivity index (χ1n) is 12.2. The van der Waals surface area contributed by atoms with Crippen molar-refractivity contribution in [1.82, 2.24) is 0 Å². The SMILES string of the molecule is CCCCCCCCCSC1=C(SCCCCCCCCC)SC(=C2SC(S)=C(S)S2)S1. The highest BCUT2D eigenvalue weighted by atomic mass is 32.3. The number of hydrogen-bond donors (Lipinski definition) is 2. The van der Waals surface area contributed by atoms with E-state index in [2.05, 4.69) is 62.6 Å². The Morgan fingerprint density at radius 3 is 1.25 bits per heavy atom. The van der Waals surface area contributed by atoms with Crippen molar-refractivity contribution >= 4 is 95.8 Å². The predicted molar refractivity (Wildman–Crippen MR) is 170 cm³/mol. The Hall–Kier alpha value is 2.02. The molecular formula is C24H40S8. The molecule has 2 heterocycles. The lowest BCUT2D eigenvalue weighted by atomic mass is 10.1. The lowest BCUT2D eigenvalue weighted by Crippen LogP contribution is -1.85.